The van der Waals surface area contributed by atoms with Crippen LogP contribution >= 0.6 is 27.3 Å². The average Bonchev–Trinajstić information content (AvgIpc) is 3.25. The van der Waals surface area contributed by atoms with Crippen molar-refractivity contribution >= 4 is 45.0 Å². The molecule has 0 bridgehead atoms. The molecule has 0 saturated carbocycles. The molecule has 2 heterocycles. The van der Waals surface area contributed by atoms with Gasteiger partial charge in [0.05, 0.1) is 35.6 Å². The first-order valence-electron chi connectivity index (χ1n) is 11.8. The van der Waals surface area contributed by atoms with Gasteiger partial charge in [-0.3, -0.25) is 9.36 Å². The molecule has 1 aromatic heterocycles. The summed E-state index contributed by atoms with van der Waals surface area (Å²) in [6, 6.07) is 21.3. The van der Waals surface area contributed by atoms with Gasteiger partial charge in [-0.1, -0.05) is 87.9 Å². The van der Waals surface area contributed by atoms with Crippen LogP contribution in [0.2, 0.25) is 0 Å². The number of nitrogens with zero attached hydrogens (tertiary/aromatic N) is 2. The molecule has 1 atom stereocenters. The lowest BCUT2D eigenvalue weighted by molar-refractivity contribution is -0.138. The molecule has 9 heteroatoms. The van der Waals surface area contributed by atoms with Crippen LogP contribution in [0.25, 0.3) is 11.8 Å². The molecule has 3 aromatic carbocycles. The fourth-order valence-electron chi connectivity index (χ4n) is 4.39. The van der Waals surface area contributed by atoms with Crippen molar-refractivity contribution in [3.63, 3.8) is 0 Å². The molecule has 1 N–H and O–H groups in total. The molecule has 0 spiro atoms. The van der Waals surface area contributed by atoms with Gasteiger partial charge in [-0.25, -0.2) is 9.79 Å². The minimum Gasteiger partial charge on any atom is -0.504 e. The molecule has 192 valence electrons. The first-order valence-corrected chi connectivity index (χ1v) is 13.4. The fourth-order valence-corrected chi connectivity index (χ4v) is 5.84. The number of fused-ring (bicyclic) bond motifs is 1. The summed E-state index contributed by atoms with van der Waals surface area (Å²) in [4.78, 5) is 32.6. The molecule has 0 saturated heterocycles. The monoisotopic (exact) mass is 590 g/mol. The number of carbonyl (C=O) groups is 1. The van der Waals surface area contributed by atoms with Crippen LogP contribution in [0.5, 0.6) is 11.5 Å². The van der Waals surface area contributed by atoms with E-state index in [4.69, 9.17) is 14.5 Å². The van der Waals surface area contributed by atoms with Crippen molar-refractivity contribution in [2.75, 3.05) is 13.7 Å². The van der Waals surface area contributed by atoms with Crippen molar-refractivity contribution in [2.45, 2.75) is 13.0 Å². The van der Waals surface area contributed by atoms with Gasteiger partial charge in [0.1, 0.15) is 0 Å². The third kappa shape index (κ3) is 4.70. The zero-order valence-electron chi connectivity index (χ0n) is 20.6. The van der Waals surface area contributed by atoms with E-state index in [9.17, 15) is 14.7 Å². The highest BCUT2D eigenvalue weighted by Crippen LogP contribution is 2.36. The number of aromatic nitrogens is 1. The van der Waals surface area contributed by atoms with Crippen LogP contribution in [0.1, 0.15) is 29.7 Å². The maximum atomic E-state index is 13.9. The van der Waals surface area contributed by atoms with E-state index in [1.807, 2.05) is 60.7 Å². The molecule has 7 nitrogen and oxygen atoms in total. The number of ether oxygens (including phenoxy) is 2. The highest BCUT2D eigenvalue weighted by Gasteiger charge is 2.35. The maximum Gasteiger partial charge on any atom is 0.338 e. The first kappa shape index (κ1) is 25.7. The van der Waals surface area contributed by atoms with E-state index in [-0.39, 0.29) is 29.2 Å². The predicted molar refractivity (Wildman–Crippen MR) is 150 cm³/mol. The average molecular weight is 591 g/mol. The van der Waals surface area contributed by atoms with Crippen molar-refractivity contribution in [1.82, 2.24) is 4.57 Å². The lowest BCUT2D eigenvalue weighted by Crippen LogP contribution is -2.40. The summed E-state index contributed by atoms with van der Waals surface area (Å²) in [6.07, 6.45) is 1.60. The maximum absolute atomic E-state index is 13.9. The number of phenols is 1. The molecule has 5 rings (SSSR count). The summed E-state index contributed by atoms with van der Waals surface area (Å²) in [5.74, 6) is -0.345. The smallest absolute Gasteiger partial charge is 0.338 e. The van der Waals surface area contributed by atoms with Crippen LogP contribution in [-0.4, -0.2) is 29.4 Å². The first-order chi connectivity index (χ1) is 18.4. The Balaban J connectivity index is 1.83. The molecule has 0 aliphatic carbocycles. The molecule has 0 fully saturated rings. The Labute approximate surface area is 230 Å². The quantitative estimate of drug-likeness (QED) is 0.336. The molecule has 0 amide bonds. The van der Waals surface area contributed by atoms with Crippen molar-refractivity contribution in [1.29, 1.82) is 0 Å². The van der Waals surface area contributed by atoms with Crippen LogP contribution in [0.15, 0.2) is 92.6 Å². The van der Waals surface area contributed by atoms with E-state index in [0.717, 1.165) is 11.1 Å². The van der Waals surface area contributed by atoms with E-state index in [1.54, 1.807) is 25.1 Å². The zero-order valence-corrected chi connectivity index (χ0v) is 23.0. The SMILES string of the molecule is CCOC(=O)C1=C(c2ccccc2)N=c2s/c(=C\c3cc(Br)cc(OC)c3O)c(=O)n2[C@H]1c1ccccc1. The molecular weight excluding hydrogens is 568 g/mol. The number of carbonyl (C=O) groups excluding carboxylic acids is 1. The van der Waals surface area contributed by atoms with Crippen LogP contribution in [0.3, 0.4) is 0 Å². The van der Waals surface area contributed by atoms with Gasteiger partial charge in [0.2, 0.25) is 0 Å². The molecule has 1 aliphatic heterocycles. The van der Waals surface area contributed by atoms with Crippen LogP contribution in [0, 0.1) is 0 Å². The molecule has 0 radical (unpaired) electrons. The second-order valence-electron chi connectivity index (χ2n) is 8.39. The van der Waals surface area contributed by atoms with Gasteiger partial charge in [0.15, 0.2) is 16.3 Å². The van der Waals surface area contributed by atoms with E-state index in [2.05, 4.69) is 15.9 Å². The Kier molecular flexibility index (Phi) is 7.31. The number of halogens is 1. The normalized spacial score (nSPS) is 15.1. The predicted octanol–water partition coefficient (Wildman–Crippen LogP) is 4.41. The summed E-state index contributed by atoms with van der Waals surface area (Å²) >= 11 is 4.61. The van der Waals surface area contributed by atoms with Crippen LogP contribution < -0.4 is 19.6 Å². The summed E-state index contributed by atoms with van der Waals surface area (Å²) in [5, 5.41) is 10.7. The molecular formula is C29H23BrN2O5S. The Hall–Kier alpha value is -3.95. The number of benzene rings is 3. The highest BCUT2D eigenvalue weighted by atomic mass is 79.9. The summed E-state index contributed by atoms with van der Waals surface area (Å²) in [5.41, 5.74) is 2.30. The van der Waals surface area contributed by atoms with Crippen molar-refractivity contribution in [3.05, 3.63) is 119 Å². The number of hydrogen-bond acceptors (Lipinski definition) is 7. The van der Waals surface area contributed by atoms with Crippen LogP contribution in [-0.2, 0) is 9.53 Å². The number of aromatic hydroxyl groups is 1. The minimum absolute atomic E-state index is 0.0849. The van der Waals surface area contributed by atoms with Crippen molar-refractivity contribution in [3.8, 4) is 11.5 Å². The van der Waals surface area contributed by atoms with Gasteiger partial charge in [0.25, 0.3) is 5.56 Å². The lowest BCUT2D eigenvalue weighted by Gasteiger charge is -2.25. The number of esters is 1. The van der Waals surface area contributed by atoms with Gasteiger partial charge in [-0.05, 0) is 30.7 Å². The number of methoxy groups -OCH3 is 1. The number of hydrogen-bond donors (Lipinski definition) is 1. The minimum atomic E-state index is -0.755. The van der Waals surface area contributed by atoms with Gasteiger partial charge < -0.3 is 14.6 Å². The summed E-state index contributed by atoms with van der Waals surface area (Å²) in [6.45, 7) is 1.92. The third-order valence-electron chi connectivity index (χ3n) is 6.06. The number of thiazole rings is 1. The van der Waals surface area contributed by atoms with E-state index >= 15 is 0 Å². The highest BCUT2D eigenvalue weighted by molar-refractivity contribution is 9.10. The lowest BCUT2D eigenvalue weighted by atomic mass is 9.93. The number of rotatable bonds is 6. The Morgan fingerprint density at radius 3 is 2.47 bits per heavy atom. The van der Waals surface area contributed by atoms with Gasteiger partial charge in [-0.2, -0.15) is 0 Å². The molecule has 4 aromatic rings. The Bertz CT molecular complexity index is 1730. The van der Waals surface area contributed by atoms with Crippen LogP contribution in [0.4, 0.5) is 0 Å². The summed E-state index contributed by atoms with van der Waals surface area (Å²) < 4.78 is 13.3. The largest absolute Gasteiger partial charge is 0.504 e. The third-order valence-corrected chi connectivity index (χ3v) is 7.51. The standard InChI is InChI=1S/C29H23BrN2O5S/c1-3-37-28(35)23-24(17-10-6-4-7-11-17)31-29-32(25(23)18-12-8-5-9-13-18)27(34)22(38-29)15-19-14-20(30)16-21(36-2)26(19)33/h4-16,25,33H,3H2,1-2H3/b22-15-/t25-/m0/s1. The summed E-state index contributed by atoms with van der Waals surface area (Å²) in [7, 11) is 1.46. The van der Waals surface area contributed by atoms with E-state index in [1.165, 1.54) is 23.0 Å². The molecule has 0 unspecified atom stereocenters. The van der Waals surface area contributed by atoms with Crippen molar-refractivity contribution in [2.24, 2.45) is 4.99 Å². The fraction of sp³-hybridized carbons (Fsp3) is 0.138. The van der Waals surface area contributed by atoms with Gasteiger partial charge in [0, 0.05) is 15.6 Å². The van der Waals surface area contributed by atoms with E-state index < -0.39 is 12.0 Å². The second-order valence-corrected chi connectivity index (χ2v) is 10.3. The molecule has 1 aliphatic rings. The zero-order chi connectivity index (χ0) is 26.8. The van der Waals surface area contributed by atoms with Crippen molar-refractivity contribution < 1.29 is 19.4 Å². The topological polar surface area (TPSA) is 90.1 Å². The van der Waals surface area contributed by atoms with Gasteiger partial charge >= 0.3 is 5.97 Å². The second kappa shape index (κ2) is 10.8. The van der Waals surface area contributed by atoms with Gasteiger partial charge in [-0.15, -0.1) is 0 Å². The Morgan fingerprint density at radius 2 is 1.82 bits per heavy atom. The Morgan fingerprint density at radius 1 is 1.13 bits per heavy atom. The van der Waals surface area contributed by atoms with E-state index in [0.29, 0.717) is 25.1 Å². The molecule has 38 heavy (non-hydrogen) atoms. The number of phenolic OH excluding ortho intramolecular Hbond substituents is 1.